The van der Waals surface area contributed by atoms with Crippen molar-refractivity contribution in [3.8, 4) is 6.07 Å². The first-order valence-electron chi connectivity index (χ1n) is 10.9. The third-order valence-corrected chi connectivity index (χ3v) is 7.44. The first-order valence-corrected chi connectivity index (χ1v) is 11.3. The lowest BCUT2D eigenvalue weighted by atomic mass is 9.68. The number of benzene rings is 1. The van der Waals surface area contributed by atoms with E-state index in [1.165, 1.54) is 82.6 Å². The highest BCUT2D eigenvalue weighted by Gasteiger charge is 2.31. The molecule has 0 saturated heterocycles. The molecule has 3 rings (SSSR count). The van der Waals surface area contributed by atoms with E-state index in [1.807, 2.05) is 12.1 Å². The largest absolute Gasteiger partial charge is 0.192 e. The highest BCUT2D eigenvalue weighted by Crippen LogP contribution is 2.44. The standard InChI is InChI=1S/C24H34ClN/c1-2-3-4-5-18-6-8-19(9-7-18)20-10-12-21(13-11-20)22-14-15-23(17-26)24(25)16-22/h14-16,18-21H,2-13H2,1H3. The summed E-state index contributed by atoms with van der Waals surface area (Å²) in [6.07, 6.45) is 17.0. The summed E-state index contributed by atoms with van der Waals surface area (Å²) in [5, 5.41) is 9.66. The Kier molecular flexibility index (Phi) is 7.44. The van der Waals surface area contributed by atoms with E-state index in [0.29, 0.717) is 16.5 Å². The van der Waals surface area contributed by atoms with Crippen LogP contribution in [0.4, 0.5) is 0 Å². The van der Waals surface area contributed by atoms with Gasteiger partial charge in [-0.05, 0) is 79.9 Å². The molecule has 2 heteroatoms. The van der Waals surface area contributed by atoms with Gasteiger partial charge in [0.2, 0.25) is 0 Å². The van der Waals surface area contributed by atoms with Gasteiger partial charge in [-0.3, -0.25) is 0 Å². The van der Waals surface area contributed by atoms with Gasteiger partial charge in [0.1, 0.15) is 6.07 Å². The Morgan fingerprint density at radius 3 is 2.19 bits per heavy atom. The van der Waals surface area contributed by atoms with E-state index < -0.39 is 0 Å². The van der Waals surface area contributed by atoms with Crippen LogP contribution in [0.15, 0.2) is 18.2 Å². The summed E-state index contributed by atoms with van der Waals surface area (Å²) in [5.74, 6) is 3.61. The van der Waals surface area contributed by atoms with Crippen molar-refractivity contribution >= 4 is 11.6 Å². The Morgan fingerprint density at radius 1 is 0.962 bits per heavy atom. The predicted octanol–water partition coefficient (Wildman–Crippen LogP) is 7.87. The zero-order chi connectivity index (χ0) is 18.4. The second kappa shape index (κ2) is 9.80. The third kappa shape index (κ3) is 5.04. The van der Waals surface area contributed by atoms with Gasteiger partial charge in [-0.2, -0.15) is 5.26 Å². The number of nitriles is 1. The van der Waals surface area contributed by atoms with Crippen molar-refractivity contribution in [1.82, 2.24) is 0 Å². The monoisotopic (exact) mass is 371 g/mol. The molecule has 142 valence electrons. The summed E-state index contributed by atoms with van der Waals surface area (Å²) >= 11 is 6.24. The van der Waals surface area contributed by atoms with Crippen molar-refractivity contribution in [3.05, 3.63) is 34.3 Å². The molecular weight excluding hydrogens is 338 g/mol. The van der Waals surface area contributed by atoms with E-state index in [4.69, 9.17) is 16.9 Å². The Bertz CT molecular complexity index is 601. The molecule has 0 N–H and O–H groups in total. The molecule has 2 saturated carbocycles. The van der Waals surface area contributed by atoms with E-state index in [9.17, 15) is 0 Å². The minimum Gasteiger partial charge on any atom is -0.192 e. The van der Waals surface area contributed by atoms with Gasteiger partial charge in [0.15, 0.2) is 0 Å². The summed E-state index contributed by atoms with van der Waals surface area (Å²) in [7, 11) is 0. The minimum absolute atomic E-state index is 0.597. The lowest BCUT2D eigenvalue weighted by Crippen LogP contribution is -2.25. The SMILES string of the molecule is CCCCCC1CCC(C2CCC(c3ccc(C#N)c(Cl)c3)CC2)CC1. The first kappa shape index (κ1) is 19.8. The molecule has 0 unspecified atom stereocenters. The Hall–Kier alpha value is -1.00. The number of halogens is 1. The highest BCUT2D eigenvalue weighted by molar-refractivity contribution is 6.31. The molecule has 0 bridgehead atoms. The number of rotatable bonds is 6. The molecule has 0 aliphatic heterocycles. The average Bonchev–Trinajstić information content (AvgIpc) is 2.69. The molecule has 1 aromatic carbocycles. The second-order valence-electron chi connectivity index (χ2n) is 8.74. The second-order valence-corrected chi connectivity index (χ2v) is 9.15. The van der Waals surface area contributed by atoms with Crippen molar-refractivity contribution in [3.63, 3.8) is 0 Å². The van der Waals surface area contributed by atoms with E-state index in [0.717, 1.165) is 17.8 Å². The van der Waals surface area contributed by atoms with Gasteiger partial charge in [-0.1, -0.05) is 63.1 Å². The summed E-state index contributed by atoms with van der Waals surface area (Å²) in [6.45, 7) is 2.30. The Morgan fingerprint density at radius 2 is 1.62 bits per heavy atom. The smallest absolute Gasteiger partial charge is 0.101 e. The van der Waals surface area contributed by atoms with Gasteiger partial charge in [0, 0.05) is 0 Å². The van der Waals surface area contributed by atoms with Crippen molar-refractivity contribution in [2.24, 2.45) is 17.8 Å². The fourth-order valence-corrected chi connectivity index (χ4v) is 5.66. The predicted molar refractivity (Wildman–Crippen MR) is 110 cm³/mol. The van der Waals surface area contributed by atoms with E-state index in [-0.39, 0.29) is 0 Å². The fourth-order valence-electron chi connectivity index (χ4n) is 5.43. The van der Waals surface area contributed by atoms with Crippen LogP contribution in [0, 0.1) is 29.1 Å². The van der Waals surface area contributed by atoms with Crippen LogP contribution in [0.3, 0.4) is 0 Å². The normalized spacial score (nSPS) is 29.3. The molecule has 1 nitrogen and oxygen atoms in total. The lowest BCUT2D eigenvalue weighted by Gasteiger charge is -2.38. The van der Waals surface area contributed by atoms with Crippen LogP contribution >= 0.6 is 11.6 Å². The van der Waals surface area contributed by atoms with Crippen LogP contribution in [-0.4, -0.2) is 0 Å². The maximum atomic E-state index is 9.04. The molecule has 2 fully saturated rings. The molecule has 0 spiro atoms. The van der Waals surface area contributed by atoms with Gasteiger partial charge in [-0.15, -0.1) is 0 Å². The van der Waals surface area contributed by atoms with Gasteiger partial charge in [0.05, 0.1) is 10.6 Å². The number of hydrogen-bond acceptors (Lipinski definition) is 1. The summed E-state index contributed by atoms with van der Waals surface area (Å²) in [6, 6.07) is 8.21. The van der Waals surface area contributed by atoms with Crippen LogP contribution in [0.2, 0.25) is 5.02 Å². The molecule has 2 aliphatic carbocycles. The van der Waals surface area contributed by atoms with E-state index in [2.05, 4.69) is 19.1 Å². The van der Waals surface area contributed by atoms with Crippen LogP contribution in [0.5, 0.6) is 0 Å². The number of nitrogens with zero attached hydrogens (tertiary/aromatic N) is 1. The van der Waals surface area contributed by atoms with Crippen molar-refractivity contribution in [2.75, 3.05) is 0 Å². The maximum absolute atomic E-state index is 9.04. The zero-order valence-electron chi connectivity index (χ0n) is 16.4. The highest BCUT2D eigenvalue weighted by atomic mass is 35.5. The maximum Gasteiger partial charge on any atom is 0.101 e. The molecule has 2 aliphatic rings. The molecule has 0 aromatic heterocycles. The van der Waals surface area contributed by atoms with Crippen molar-refractivity contribution in [1.29, 1.82) is 5.26 Å². The molecule has 1 aromatic rings. The molecular formula is C24H34ClN. The van der Waals surface area contributed by atoms with Crippen LogP contribution in [0.1, 0.15) is 101 Å². The minimum atomic E-state index is 0.597. The van der Waals surface area contributed by atoms with Crippen LogP contribution in [-0.2, 0) is 0 Å². The Labute approximate surface area is 165 Å². The molecule has 26 heavy (non-hydrogen) atoms. The number of unbranched alkanes of at least 4 members (excludes halogenated alkanes) is 2. The van der Waals surface area contributed by atoms with Crippen LogP contribution < -0.4 is 0 Å². The first-order chi connectivity index (χ1) is 12.7. The summed E-state index contributed by atoms with van der Waals surface area (Å²) in [5.41, 5.74) is 1.94. The van der Waals surface area contributed by atoms with Gasteiger partial charge >= 0.3 is 0 Å². The van der Waals surface area contributed by atoms with Crippen molar-refractivity contribution in [2.45, 2.75) is 89.9 Å². The number of hydrogen-bond donors (Lipinski definition) is 0. The van der Waals surface area contributed by atoms with Gasteiger partial charge in [-0.25, -0.2) is 0 Å². The summed E-state index contributed by atoms with van der Waals surface area (Å²) < 4.78 is 0. The lowest BCUT2D eigenvalue weighted by molar-refractivity contribution is 0.155. The average molecular weight is 372 g/mol. The molecule has 0 amide bonds. The van der Waals surface area contributed by atoms with E-state index in [1.54, 1.807) is 0 Å². The Balaban J connectivity index is 1.44. The van der Waals surface area contributed by atoms with Gasteiger partial charge in [0.25, 0.3) is 0 Å². The van der Waals surface area contributed by atoms with Crippen LogP contribution in [0.25, 0.3) is 0 Å². The zero-order valence-corrected chi connectivity index (χ0v) is 17.1. The summed E-state index contributed by atoms with van der Waals surface area (Å²) in [4.78, 5) is 0. The fraction of sp³-hybridized carbons (Fsp3) is 0.708. The van der Waals surface area contributed by atoms with Crippen molar-refractivity contribution < 1.29 is 0 Å². The quantitative estimate of drug-likeness (QED) is 0.466. The molecule has 0 atom stereocenters. The van der Waals surface area contributed by atoms with Gasteiger partial charge < -0.3 is 0 Å². The topological polar surface area (TPSA) is 23.8 Å². The molecule has 0 heterocycles. The molecule has 0 radical (unpaired) electrons. The third-order valence-electron chi connectivity index (χ3n) is 7.13. The van der Waals surface area contributed by atoms with E-state index >= 15 is 0 Å².